The van der Waals surface area contributed by atoms with Gasteiger partial charge < -0.3 is 5.32 Å². The van der Waals surface area contributed by atoms with E-state index >= 15 is 0 Å². The minimum Gasteiger partial charge on any atom is -0.325 e. The number of anilines is 1. The van der Waals surface area contributed by atoms with Crippen molar-refractivity contribution in [1.29, 1.82) is 0 Å². The molecule has 0 atom stereocenters. The Morgan fingerprint density at radius 1 is 0.852 bits per heavy atom. The molecule has 0 unspecified atom stereocenters. The molecule has 3 aromatic carbocycles. The zero-order valence-corrected chi connectivity index (χ0v) is 14.9. The van der Waals surface area contributed by atoms with E-state index < -0.39 is 11.6 Å². The molecule has 0 bridgehead atoms. The highest BCUT2D eigenvalue weighted by atomic mass is 32.2. The number of carbonyl (C=O) groups is 2. The molecule has 0 radical (unpaired) electrons. The van der Waals surface area contributed by atoms with Crippen LogP contribution in [-0.4, -0.2) is 17.4 Å². The molecule has 0 heterocycles. The maximum Gasteiger partial charge on any atom is 0.234 e. The molecule has 0 aliphatic carbocycles. The monoisotopic (exact) mass is 383 g/mol. The van der Waals surface area contributed by atoms with Crippen LogP contribution in [0.2, 0.25) is 0 Å². The topological polar surface area (TPSA) is 46.2 Å². The Balaban J connectivity index is 1.69. The summed E-state index contributed by atoms with van der Waals surface area (Å²) < 4.78 is 26.2. The van der Waals surface area contributed by atoms with Crippen molar-refractivity contribution in [3.05, 3.63) is 95.6 Å². The largest absolute Gasteiger partial charge is 0.325 e. The van der Waals surface area contributed by atoms with E-state index in [1.54, 1.807) is 48.5 Å². The maximum absolute atomic E-state index is 13.2. The predicted molar refractivity (Wildman–Crippen MR) is 102 cm³/mol. The Morgan fingerprint density at radius 3 is 2.30 bits per heavy atom. The Bertz CT molecular complexity index is 977. The lowest BCUT2D eigenvalue weighted by Gasteiger charge is -2.10. The molecular formula is C21H15F2NO2S. The van der Waals surface area contributed by atoms with E-state index in [0.717, 1.165) is 23.9 Å². The van der Waals surface area contributed by atoms with E-state index in [2.05, 4.69) is 5.32 Å². The van der Waals surface area contributed by atoms with Gasteiger partial charge in [-0.25, -0.2) is 8.78 Å². The Labute approximate surface area is 159 Å². The van der Waals surface area contributed by atoms with Crippen LogP contribution in [0, 0.1) is 11.6 Å². The molecule has 3 nitrogen and oxygen atoms in total. The minimum absolute atomic E-state index is 0.00106. The van der Waals surface area contributed by atoms with Gasteiger partial charge in [-0.15, -0.1) is 11.8 Å². The molecule has 3 aromatic rings. The highest BCUT2D eigenvalue weighted by molar-refractivity contribution is 8.00. The zero-order chi connectivity index (χ0) is 19.2. The second kappa shape index (κ2) is 8.60. The lowest BCUT2D eigenvalue weighted by Crippen LogP contribution is -2.17. The maximum atomic E-state index is 13.2. The summed E-state index contributed by atoms with van der Waals surface area (Å²) in [5.74, 6) is -2.44. The molecule has 3 rings (SSSR count). The van der Waals surface area contributed by atoms with Crippen LogP contribution in [0.1, 0.15) is 15.9 Å². The smallest absolute Gasteiger partial charge is 0.234 e. The first-order valence-corrected chi connectivity index (χ1v) is 9.09. The fourth-order valence-corrected chi connectivity index (χ4v) is 3.16. The molecule has 0 aliphatic heterocycles. The van der Waals surface area contributed by atoms with Gasteiger partial charge in [-0.2, -0.15) is 0 Å². The molecular weight excluding hydrogens is 368 g/mol. The minimum atomic E-state index is -0.959. The lowest BCUT2D eigenvalue weighted by atomic mass is 10.0. The summed E-state index contributed by atoms with van der Waals surface area (Å²) in [6.45, 7) is 0. The first-order valence-electron chi connectivity index (χ1n) is 8.11. The van der Waals surface area contributed by atoms with Gasteiger partial charge in [-0.3, -0.25) is 9.59 Å². The number of carbonyl (C=O) groups excluding carboxylic acids is 2. The van der Waals surface area contributed by atoms with Gasteiger partial charge in [0.2, 0.25) is 5.91 Å². The number of rotatable bonds is 6. The Hall–Kier alpha value is -2.99. The average Bonchev–Trinajstić information content (AvgIpc) is 2.69. The van der Waals surface area contributed by atoms with Crippen molar-refractivity contribution in [3.8, 4) is 0 Å². The summed E-state index contributed by atoms with van der Waals surface area (Å²) >= 11 is 1.08. The highest BCUT2D eigenvalue weighted by Gasteiger charge is 2.15. The zero-order valence-electron chi connectivity index (χ0n) is 14.1. The van der Waals surface area contributed by atoms with Crippen molar-refractivity contribution in [2.24, 2.45) is 0 Å². The van der Waals surface area contributed by atoms with Crippen LogP contribution in [0.25, 0.3) is 0 Å². The van der Waals surface area contributed by atoms with Crippen molar-refractivity contribution >= 4 is 29.1 Å². The summed E-state index contributed by atoms with van der Waals surface area (Å²) in [6.07, 6.45) is 0. The van der Waals surface area contributed by atoms with Crippen molar-refractivity contribution in [2.75, 3.05) is 11.1 Å². The van der Waals surface area contributed by atoms with Gasteiger partial charge in [0, 0.05) is 16.0 Å². The molecule has 0 saturated carbocycles. The predicted octanol–water partition coefficient (Wildman–Crippen LogP) is 4.93. The highest BCUT2D eigenvalue weighted by Crippen LogP contribution is 2.22. The van der Waals surface area contributed by atoms with Crippen molar-refractivity contribution < 1.29 is 18.4 Å². The van der Waals surface area contributed by atoms with E-state index in [-0.39, 0.29) is 17.4 Å². The number of halogens is 2. The molecule has 27 heavy (non-hydrogen) atoms. The van der Waals surface area contributed by atoms with E-state index in [1.165, 1.54) is 6.07 Å². The number of hydrogen-bond acceptors (Lipinski definition) is 3. The van der Waals surface area contributed by atoms with Gasteiger partial charge in [0.05, 0.1) is 11.4 Å². The SMILES string of the molecule is O=C(CSc1ccc(F)c(F)c1)Nc1ccccc1C(=O)c1ccccc1. The number of thioether (sulfide) groups is 1. The third-order valence-corrected chi connectivity index (χ3v) is 4.74. The Morgan fingerprint density at radius 2 is 1.56 bits per heavy atom. The van der Waals surface area contributed by atoms with Gasteiger partial charge in [-0.1, -0.05) is 42.5 Å². The van der Waals surface area contributed by atoms with Crippen LogP contribution in [0.5, 0.6) is 0 Å². The van der Waals surface area contributed by atoms with Crippen molar-refractivity contribution in [2.45, 2.75) is 4.90 Å². The molecule has 0 aliphatic rings. The fourth-order valence-electron chi connectivity index (χ4n) is 2.44. The lowest BCUT2D eigenvalue weighted by molar-refractivity contribution is -0.113. The summed E-state index contributed by atoms with van der Waals surface area (Å²) in [4.78, 5) is 25.3. The Kier molecular flexibility index (Phi) is 5.98. The average molecular weight is 383 g/mol. The summed E-state index contributed by atoms with van der Waals surface area (Å²) in [7, 11) is 0. The second-order valence-electron chi connectivity index (χ2n) is 5.65. The standard InChI is InChI=1S/C21H15F2NO2S/c22-17-11-10-15(12-18(17)23)27-13-20(25)24-19-9-5-4-8-16(19)21(26)14-6-2-1-3-7-14/h1-12H,13H2,(H,24,25). The van der Waals surface area contributed by atoms with Crippen LogP contribution < -0.4 is 5.32 Å². The van der Waals surface area contributed by atoms with E-state index in [1.807, 2.05) is 6.07 Å². The molecule has 0 aromatic heterocycles. The van der Waals surface area contributed by atoms with Crippen LogP contribution in [0.15, 0.2) is 77.7 Å². The first kappa shape index (κ1) is 18.8. The number of benzene rings is 3. The van der Waals surface area contributed by atoms with Gasteiger partial charge in [0.25, 0.3) is 0 Å². The third kappa shape index (κ3) is 4.80. The van der Waals surface area contributed by atoms with E-state index in [9.17, 15) is 18.4 Å². The molecule has 6 heteroatoms. The number of ketones is 1. The van der Waals surface area contributed by atoms with Gasteiger partial charge in [0.15, 0.2) is 17.4 Å². The molecule has 0 saturated heterocycles. The third-order valence-electron chi connectivity index (χ3n) is 3.74. The number of nitrogens with one attached hydrogen (secondary N) is 1. The van der Waals surface area contributed by atoms with Gasteiger partial charge in [-0.05, 0) is 30.3 Å². The van der Waals surface area contributed by atoms with E-state index in [0.29, 0.717) is 21.7 Å². The van der Waals surface area contributed by atoms with Crippen LogP contribution in [0.3, 0.4) is 0 Å². The number of para-hydroxylation sites is 1. The molecule has 136 valence electrons. The molecule has 1 N–H and O–H groups in total. The number of amides is 1. The quantitative estimate of drug-likeness (QED) is 0.485. The second-order valence-corrected chi connectivity index (χ2v) is 6.70. The summed E-state index contributed by atoms with van der Waals surface area (Å²) in [5.41, 5.74) is 1.31. The number of hydrogen-bond donors (Lipinski definition) is 1. The summed E-state index contributed by atoms with van der Waals surface area (Å²) in [5, 5.41) is 2.71. The fraction of sp³-hybridized carbons (Fsp3) is 0.0476. The van der Waals surface area contributed by atoms with Gasteiger partial charge in [0.1, 0.15) is 0 Å². The van der Waals surface area contributed by atoms with Gasteiger partial charge >= 0.3 is 0 Å². The summed E-state index contributed by atoms with van der Waals surface area (Å²) in [6, 6.07) is 19.0. The molecule has 1 amide bonds. The van der Waals surface area contributed by atoms with Crippen molar-refractivity contribution in [3.63, 3.8) is 0 Å². The normalized spacial score (nSPS) is 10.4. The molecule has 0 fully saturated rings. The van der Waals surface area contributed by atoms with E-state index in [4.69, 9.17) is 0 Å². The first-order chi connectivity index (χ1) is 13.0. The van der Waals surface area contributed by atoms with Crippen LogP contribution >= 0.6 is 11.8 Å². The van der Waals surface area contributed by atoms with Crippen LogP contribution in [-0.2, 0) is 4.79 Å². The molecule has 0 spiro atoms. The van der Waals surface area contributed by atoms with Crippen LogP contribution in [0.4, 0.5) is 14.5 Å². The van der Waals surface area contributed by atoms with Crippen molar-refractivity contribution in [1.82, 2.24) is 0 Å².